The van der Waals surface area contributed by atoms with Gasteiger partial charge in [-0.2, -0.15) is 0 Å². The molecule has 1 fully saturated rings. The van der Waals surface area contributed by atoms with E-state index in [2.05, 4.69) is 15.5 Å². The second kappa shape index (κ2) is 8.28. The topological polar surface area (TPSA) is 82.2 Å². The third-order valence-electron chi connectivity index (χ3n) is 4.35. The fourth-order valence-corrected chi connectivity index (χ4v) is 3.83. The maximum atomic E-state index is 12.4. The molecule has 0 aliphatic heterocycles. The number of carbonyl (C=O) groups excluding carboxylic acids is 1. The summed E-state index contributed by atoms with van der Waals surface area (Å²) in [5.41, 5.74) is 0.618. The van der Waals surface area contributed by atoms with Gasteiger partial charge in [0.2, 0.25) is 5.91 Å². The van der Waals surface area contributed by atoms with E-state index in [-0.39, 0.29) is 11.7 Å². The van der Waals surface area contributed by atoms with E-state index in [9.17, 15) is 4.79 Å². The van der Waals surface area contributed by atoms with Crippen LogP contribution in [0.25, 0.3) is 0 Å². The van der Waals surface area contributed by atoms with Crippen molar-refractivity contribution in [2.45, 2.75) is 30.5 Å². The highest BCUT2D eigenvalue weighted by atomic mass is 35.5. The van der Waals surface area contributed by atoms with E-state index in [1.165, 1.54) is 11.8 Å². The molecule has 3 aromatic rings. The standard InChI is InChI=1S/C19H19ClN4O3S/c1-26-16-7-6-13(9-15(16)20)21-17(25)11-28-19-23-22-18(12-4-5-12)24(19)10-14-3-2-8-27-14/h2-3,6-9,12H,4-5,10-11H2,1H3,(H,21,25). The van der Waals surface area contributed by atoms with Crippen LogP contribution in [0, 0.1) is 0 Å². The van der Waals surface area contributed by atoms with Crippen LogP contribution in [0.2, 0.25) is 5.02 Å². The minimum Gasteiger partial charge on any atom is -0.495 e. The molecule has 1 saturated carbocycles. The number of rotatable bonds is 8. The van der Waals surface area contributed by atoms with Crippen LogP contribution >= 0.6 is 23.4 Å². The second-order valence-corrected chi connectivity index (χ2v) is 7.82. The zero-order valence-corrected chi connectivity index (χ0v) is 16.8. The van der Waals surface area contributed by atoms with Crippen LogP contribution in [0.15, 0.2) is 46.2 Å². The number of ether oxygens (including phenoxy) is 1. The Bertz CT molecular complexity index is 970. The van der Waals surface area contributed by atoms with E-state index >= 15 is 0 Å². The predicted octanol–water partition coefficient (Wildman–Crippen LogP) is 4.19. The summed E-state index contributed by atoms with van der Waals surface area (Å²) in [5, 5.41) is 12.6. The summed E-state index contributed by atoms with van der Waals surface area (Å²) < 4.78 is 12.6. The van der Waals surface area contributed by atoms with Crippen LogP contribution in [-0.2, 0) is 11.3 Å². The first-order valence-corrected chi connectivity index (χ1v) is 10.2. The minimum absolute atomic E-state index is 0.147. The molecule has 1 amide bonds. The van der Waals surface area contributed by atoms with Crippen molar-refractivity contribution < 1.29 is 13.9 Å². The summed E-state index contributed by atoms with van der Waals surface area (Å²) in [6, 6.07) is 8.90. The number of methoxy groups -OCH3 is 1. The van der Waals surface area contributed by atoms with E-state index in [1.54, 1.807) is 31.6 Å². The third kappa shape index (κ3) is 4.34. The van der Waals surface area contributed by atoms with Gasteiger partial charge in [-0.15, -0.1) is 10.2 Å². The van der Waals surface area contributed by atoms with Crippen molar-refractivity contribution in [3.8, 4) is 5.75 Å². The molecule has 0 spiro atoms. The van der Waals surface area contributed by atoms with Gasteiger partial charge in [0, 0.05) is 11.6 Å². The Morgan fingerprint density at radius 3 is 2.93 bits per heavy atom. The Labute approximate surface area is 171 Å². The van der Waals surface area contributed by atoms with E-state index in [1.807, 2.05) is 16.7 Å². The lowest BCUT2D eigenvalue weighted by atomic mass is 10.3. The molecule has 0 unspecified atom stereocenters. The fourth-order valence-electron chi connectivity index (χ4n) is 2.83. The van der Waals surface area contributed by atoms with Gasteiger partial charge in [-0.05, 0) is 43.2 Å². The average molecular weight is 419 g/mol. The van der Waals surface area contributed by atoms with Crippen molar-refractivity contribution in [2.24, 2.45) is 0 Å². The van der Waals surface area contributed by atoms with Gasteiger partial charge in [0.25, 0.3) is 0 Å². The molecule has 2 aromatic heterocycles. The summed E-state index contributed by atoms with van der Waals surface area (Å²) in [6.45, 7) is 0.559. The van der Waals surface area contributed by atoms with Gasteiger partial charge in [0.1, 0.15) is 17.3 Å². The van der Waals surface area contributed by atoms with Crippen LogP contribution in [0.3, 0.4) is 0 Å². The number of carbonyl (C=O) groups is 1. The van der Waals surface area contributed by atoms with Crippen molar-refractivity contribution in [3.63, 3.8) is 0 Å². The molecule has 1 aliphatic rings. The largest absolute Gasteiger partial charge is 0.495 e. The molecular formula is C19H19ClN4O3S. The van der Waals surface area contributed by atoms with Gasteiger partial charge >= 0.3 is 0 Å². The Morgan fingerprint density at radius 2 is 2.25 bits per heavy atom. The third-order valence-corrected chi connectivity index (χ3v) is 5.61. The molecule has 146 valence electrons. The Balaban J connectivity index is 1.41. The van der Waals surface area contributed by atoms with Crippen molar-refractivity contribution in [2.75, 3.05) is 18.2 Å². The molecule has 7 nitrogen and oxygen atoms in total. The SMILES string of the molecule is COc1ccc(NC(=O)CSc2nnc(C3CC3)n2Cc2ccco2)cc1Cl. The van der Waals surface area contributed by atoms with Crippen molar-refractivity contribution >= 4 is 35.0 Å². The number of hydrogen-bond donors (Lipinski definition) is 1. The van der Waals surface area contributed by atoms with Crippen molar-refractivity contribution in [3.05, 3.63) is 53.2 Å². The van der Waals surface area contributed by atoms with Crippen molar-refractivity contribution in [1.82, 2.24) is 14.8 Å². The van der Waals surface area contributed by atoms with Gasteiger partial charge in [-0.25, -0.2) is 0 Å². The maximum Gasteiger partial charge on any atom is 0.234 e. The monoisotopic (exact) mass is 418 g/mol. The predicted molar refractivity (Wildman–Crippen MR) is 107 cm³/mol. The Morgan fingerprint density at radius 1 is 1.39 bits per heavy atom. The number of hydrogen-bond acceptors (Lipinski definition) is 6. The summed E-state index contributed by atoms with van der Waals surface area (Å²) in [5.74, 6) is 2.87. The first-order valence-electron chi connectivity index (χ1n) is 8.85. The zero-order valence-electron chi connectivity index (χ0n) is 15.2. The lowest BCUT2D eigenvalue weighted by Crippen LogP contribution is -2.15. The van der Waals surface area contributed by atoms with Crippen LogP contribution in [-0.4, -0.2) is 33.5 Å². The summed E-state index contributed by atoms with van der Waals surface area (Å²) in [6.07, 6.45) is 3.90. The number of nitrogens with one attached hydrogen (secondary N) is 1. The number of anilines is 1. The minimum atomic E-state index is -0.147. The van der Waals surface area contributed by atoms with Gasteiger partial charge in [0.15, 0.2) is 5.16 Å². The van der Waals surface area contributed by atoms with Crippen LogP contribution in [0.5, 0.6) is 5.75 Å². The molecule has 0 radical (unpaired) electrons. The van der Waals surface area contributed by atoms with Gasteiger partial charge in [-0.3, -0.25) is 9.36 Å². The number of halogens is 1. The molecule has 0 saturated heterocycles. The fraction of sp³-hybridized carbons (Fsp3) is 0.316. The van der Waals surface area contributed by atoms with Crippen molar-refractivity contribution in [1.29, 1.82) is 0 Å². The van der Waals surface area contributed by atoms with Gasteiger partial charge in [0.05, 0.1) is 30.7 Å². The van der Waals surface area contributed by atoms with E-state index in [4.69, 9.17) is 20.8 Å². The number of amides is 1. The van der Waals surface area contributed by atoms with E-state index in [0.717, 1.165) is 24.4 Å². The molecule has 4 rings (SSSR count). The van der Waals surface area contributed by atoms with Crippen LogP contribution < -0.4 is 10.1 Å². The summed E-state index contributed by atoms with van der Waals surface area (Å²) in [7, 11) is 1.55. The van der Waals surface area contributed by atoms with Gasteiger partial charge < -0.3 is 14.5 Å². The molecule has 9 heteroatoms. The molecule has 0 bridgehead atoms. The molecule has 28 heavy (non-hydrogen) atoms. The average Bonchev–Trinajstić information content (AvgIpc) is 3.24. The normalized spacial score (nSPS) is 13.5. The molecule has 1 N–H and O–H groups in total. The molecule has 0 atom stereocenters. The lowest BCUT2D eigenvalue weighted by Gasteiger charge is -2.09. The highest BCUT2D eigenvalue weighted by Gasteiger charge is 2.30. The number of furan rings is 1. The molecule has 2 heterocycles. The van der Waals surface area contributed by atoms with Gasteiger partial charge in [-0.1, -0.05) is 23.4 Å². The first kappa shape index (κ1) is 18.9. The highest BCUT2D eigenvalue weighted by molar-refractivity contribution is 7.99. The first-order chi connectivity index (χ1) is 13.6. The van der Waals surface area contributed by atoms with Crippen LogP contribution in [0.1, 0.15) is 30.3 Å². The quantitative estimate of drug-likeness (QED) is 0.552. The zero-order chi connectivity index (χ0) is 19.5. The van der Waals surface area contributed by atoms with Crippen LogP contribution in [0.4, 0.5) is 5.69 Å². The number of thioether (sulfide) groups is 1. The van der Waals surface area contributed by atoms with E-state index in [0.29, 0.717) is 34.1 Å². The lowest BCUT2D eigenvalue weighted by molar-refractivity contribution is -0.113. The molecule has 1 aliphatic carbocycles. The number of nitrogens with zero attached hydrogens (tertiary/aromatic N) is 3. The Hall–Kier alpha value is -2.45. The summed E-state index contributed by atoms with van der Waals surface area (Å²) in [4.78, 5) is 12.4. The molecule has 1 aromatic carbocycles. The number of aromatic nitrogens is 3. The number of benzene rings is 1. The van der Waals surface area contributed by atoms with E-state index < -0.39 is 0 Å². The Kier molecular flexibility index (Phi) is 5.59. The smallest absolute Gasteiger partial charge is 0.234 e. The second-order valence-electron chi connectivity index (χ2n) is 6.47. The summed E-state index contributed by atoms with van der Waals surface area (Å²) >= 11 is 7.45. The maximum absolute atomic E-state index is 12.4. The highest BCUT2D eigenvalue weighted by Crippen LogP contribution is 2.40. The molecular weight excluding hydrogens is 400 g/mol.